The molecule has 0 aliphatic rings. The summed E-state index contributed by atoms with van der Waals surface area (Å²) in [6.07, 6.45) is 1.71. The van der Waals surface area contributed by atoms with Gasteiger partial charge in [0.25, 0.3) is 0 Å². The van der Waals surface area contributed by atoms with E-state index in [9.17, 15) is 19.2 Å². The van der Waals surface area contributed by atoms with Crippen molar-refractivity contribution in [2.45, 2.75) is 25.7 Å². The van der Waals surface area contributed by atoms with Gasteiger partial charge in [-0.15, -0.1) is 0 Å². The Kier molecular flexibility index (Phi) is 9.51. The first-order valence-electron chi connectivity index (χ1n) is 9.21. The second-order valence-electron chi connectivity index (χ2n) is 6.37. The maximum absolute atomic E-state index is 12.0. The number of rotatable bonds is 13. The third kappa shape index (κ3) is 7.61. The number of benzene rings is 2. The van der Waals surface area contributed by atoms with Gasteiger partial charge in [0, 0.05) is 35.7 Å². The van der Waals surface area contributed by atoms with Crippen LogP contribution < -0.4 is 9.47 Å². The fourth-order valence-electron chi connectivity index (χ4n) is 2.56. The van der Waals surface area contributed by atoms with E-state index in [1.54, 1.807) is 24.3 Å². The van der Waals surface area contributed by atoms with Crippen molar-refractivity contribution in [3.05, 3.63) is 57.6 Å². The summed E-state index contributed by atoms with van der Waals surface area (Å²) in [7, 11) is 0. The molecule has 0 aliphatic heterocycles. The second-order valence-corrected chi connectivity index (χ2v) is 7.25. The molecule has 2 aromatic rings. The van der Waals surface area contributed by atoms with Crippen molar-refractivity contribution < 1.29 is 28.7 Å². The fourth-order valence-corrected chi connectivity index (χ4v) is 2.93. The topological polar surface area (TPSA) is 86.7 Å². The summed E-state index contributed by atoms with van der Waals surface area (Å²) in [5.41, 5.74) is 0.618. The molecule has 0 saturated carbocycles. The zero-order valence-electron chi connectivity index (χ0n) is 16.1. The number of ether oxygens (including phenoxy) is 2. The van der Waals surface area contributed by atoms with Crippen molar-refractivity contribution in [2.24, 2.45) is 0 Å². The van der Waals surface area contributed by atoms with Gasteiger partial charge in [-0.3, -0.25) is 19.2 Å². The maximum Gasteiger partial charge on any atom is 0.153 e. The highest BCUT2D eigenvalue weighted by Gasteiger charge is 2.10. The lowest BCUT2D eigenvalue weighted by Gasteiger charge is -2.09. The van der Waals surface area contributed by atoms with Gasteiger partial charge in [0.15, 0.2) is 12.6 Å². The highest BCUT2D eigenvalue weighted by Crippen LogP contribution is 2.22. The number of Topliss-reactive ketones (excluding diaryl/α,β-unsaturated/α-hetero) is 2. The van der Waals surface area contributed by atoms with Gasteiger partial charge in [0.1, 0.15) is 23.1 Å². The number of halogens is 2. The third-order valence-corrected chi connectivity index (χ3v) is 4.63. The molecule has 158 valence electrons. The van der Waals surface area contributed by atoms with Crippen LogP contribution in [0.25, 0.3) is 0 Å². The van der Waals surface area contributed by atoms with Gasteiger partial charge in [-0.25, -0.2) is 0 Å². The molecule has 2 aromatic carbocycles. The second kappa shape index (κ2) is 12.1. The van der Waals surface area contributed by atoms with E-state index in [4.69, 9.17) is 32.7 Å². The van der Waals surface area contributed by atoms with Crippen LogP contribution >= 0.6 is 23.2 Å². The Morgan fingerprint density at radius 1 is 0.700 bits per heavy atom. The van der Waals surface area contributed by atoms with Crippen LogP contribution in [0.2, 0.25) is 10.0 Å². The Bertz CT molecular complexity index is 850. The average molecular weight is 451 g/mol. The van der Waals surface area contributed by atoms with E-state index >= 15 is 0 Å². The van der Waals surface area contributed by atoms with Crippen LogP contribution in [-0.2, 0) is 9.59 Å². The molecule has 30 heavy (non-hydrogen) atoms. The van der Waals surface area contributed by atoms with E-state index in [1.807, 2.05) is 0 Å². The van der Waals surface area contributed by atoms with Crippen LogP contribution in [0, 0.1) is 0 Å². The van der Waals surface area contributed by atoms with E-state index < -0.39 is 0 Å². The van der Waals surface area contributed by atoms with Gasteiger partial charge in [0.2, 0.25) is 0 Å². The molecule has 0 N–H and O–H groups in total. The molecule has 0 saturated heterocycles. The van der Waals surface area contributed by atoms with Crippen LogP contribution in [0.5, 0.6) is 11.5 Å². The molecule has 6 nitrogen and oxygen atoms in total. The molecular weight excluding hydrogens is 431 g/mol. The Morgan fingerprint density at radius 3 is 1.47 bits per heavy atom. The normalized spacial score (nSPS) is 10.3. The summed E-state index contributed by atoms with van der Waals surface area (Å²) in [6, 6.07) is 9.28. The first-order valence-corrected chi connectivity index (χ1v) is 9.97. The number of carbonyl (C=O) groups is 4. The fraction of sp³-hybridized carbons (Fsp3) is 0.273. The zero-order valence-corrected chi connectivity index (χ0v) is 17.6. The summed E-state index contributed by atoms with van der Waals surface area (Å²) in [5, 5.41) is 0.836. The SMILES string of the molecule is O=Cc1cc(Cl)ccc1OCCC(=O)CCC(=O)CCOc1ccc(Cl)cc1C=O. The Labute approximate surface area is 184 Å². The molecule has 0 bridgehead atoms. The first kappa shape index (κ1) is 23.6. The monoisotopic (exact) mass is 450 g/mol. The molecule has 0 fully saturated rings. The van der Waals surface area contributed by atoms with Gasteiger partial charge < -0.3 is 9.47 Å². The number of hydrogen-bond donors (Lipinski definition) is 0. The standard InChI is InChI=1S/C22H20Cl2O6/c23-17-1-5-21(15(11-17)13-25)29-9-7-19(27)3-4-20(28)8-10-30-22-6-2-18(24)12-16(22)14-26/h1-2,5-6,11-14H,3-4,7-10H2. The van der Waals surface area contributed by atoms with Crippen molar-refractivity contribution in [3.8, 4) is 11.5 Å². The average Bonchev–Trinajstić information content (AvgIpc) is 2.74. The van der Waals surface area contributed by atoms with Gasteiger partial charge in [-0.2, -0.15) is 0 Å². The van der Waals surface area contributed by atoms with Gasteiger partial charge >= 0.3 is 0 Å². The maximum atomic E-state index is 12.0. The molecule has 2 rings (SSSR count). The van der Waals surface area contributed by atoms with Crippen molar-refractivity contribution in [3.63, 3.8) is 0 Å². The number of ketones is 2. The minimum Gasteiger partial charge on any atom is -0.492 e. The van der Waals surface area contributed by atoms with Gasteiger partial charge in [-0.05, 0) is 36.4 Å². The van der Waals surface area contributed by atoms with Crippen molar-refractivity contribution in [2.75, 3.05) is 13.2 Å². The number of aldehydes is 2. The predicted octanol–water partition coefficient (Wildman–Crippen LogP) is 4.77. The molecule has 8 heteroatoms. The summed E-state index contributed by atoms with van der Waals surface area (Å²) in [6.45, 7) is 0.202. The van der Waals surface area contributed by atoms with E-state index in [2.05, 4.69) is 0 Å². The molecule has 0 unspecified atom stereocenters. The van der Waals surface area contributed by atoms with Crippen molar-refractivity contribution in [1.29, 1.82) is 0 Å². The Morgan fingerprint density at radius 2 is 1.10 bits per heavy atom. The van der Waals surface area contributed by atoms with E-state index in [-0.39, 0.29) is 50.5 Å². The lowest BCUT2D eigenvalue weighted by Crippen LogP contribution is -2.11. The summed E-state index contributed by atoms with van der Waals surface area (Å²) >= 11 is 11.6. The summed E-state index contributed by atoms with van der Waals surface area (Å²) in [5.74, 6) is 0.471. The molecule has 0 spiro atoms. The lowest BCUT2D eigenvalue weighted by atomic mass is 10.1. The molecule has 0 atom stereocenters. The van der Waals surface area contributed by atoms with Crippen molar-refractivity contribution >= 4 is 47.3 Å². The lowest BCUT2D eigenvalue weighted by molar-refractivity contribution is -0.124. The number of carbonyl (C=O) groups excluding carboxylic acids is 4. The molecule has 0 heterocycles. The largest absolute Gasteiger partial charge is 0.492 e. The van der Waals surface area contributed by atoms with Gasteiger partial charge in [-0.1, -0.05) is 23.2 Å². The van der Waals surface area contributed by atoms with E-state index in [1.165, 1.54) is 12.1 Å². The Hall–Kier alpha value is -2.70. The molecular formula is C22H20Cl2O6. The van der Waals surface area contributed by atoms with E-state index in [0.29, 0.717) is 45.2 Å². The molecule has 0 amide bonds. The van der Waals surface area contributed by atoms with E-state index in [0.717, 1.165) is 0 Å². The van der Waals surface area contributed by atoms with Crippen LogP contribution in [0.15, 0.2) is 36.4 Å². The Balaban J connectivity index is 1.67. The van der Waals surface area contributed by atoms with Crippen LogP contribution in [0.3, 0.4) is 0 Å². The first-order chi connectivity index (χ1) is 14.4. The highest BCUT2D eigenvalue weighted by molar-refractivity contribution is 6.31. The van der Waals surface area contributed by atoms with Crippen LogP contribution in [0.1, 0.15) is 46.4 Å². The smallest absolute Gasteiger partial charge is 0.153 e. The molecule has 0 radical (unpaired) electrons. The minimum atomic E-state index is -0.119. The third-order valence-electron chi connectivity index (χ3n) is 4.16. The number of hydrogen-bond acceptors (Lipinski definition) is 6. The zero-order chi connectivity index (χ0) is 21.9. The summed E-state index contributed by atoms with van der Waals surface area (Å²) < 4.78 is 10.9. The highest BCUT2D eigenvalue weighted by atomic mass is 35.5. The predicted molar refractivity (Wildman–Crippen MR) is 113 cm³/mol. The van der Waals surface area contributed by atoms with Crippen LogP contribution in [0.4, 0.5) is 0 Å². The minimum absolute atomic E-state index is 0.101. The van der Waals surface area contributed by atoms with Crippen molar-refractivity contribution in [1.82, 2.24) is 0 Å². The molecule has 0 aromatic heterocycles. The summed E-state index contributed by atoms with van der Waals surface area (Å²) in [4.78, 5) is 45.9. The molecule has 0 aliphatic carbocycles. The quantitative estimate of drug-likeness (QED) is 0.408. The van der Waals surface area contributed by atoms with Gasteiger partial charge in [0.05, 0.1) is 24.3 Å². The van der Waals surface area contributed by atoms with Crippen LogP contribution in [-0.4, -0.2) is 37.4 Å².